The van der Waals surface area contributed by atoms with Gasteiger partial charge >= 0.3 is 5.97 Å². The summed E-state index contributed by atoms with van der Waals surface area (Å²) in [6, 6.07) is 4.77. The van der Waals surface area contributed by atoms with Crippen LogP contribution in [0.3, 0.4) is 0 Å². The normalized spacial score (nSPS) is 11.5. The van der Waals surface area contributed by atoms with Crippen molar-refractivity contribution in [3.63, 3.8) is 0 Å². The van der Waals surface area contributed by atoms with E-state index in [9.17, 15) is 9.90 Å². The standard InChI is InChI=1S/C15H16ClNO4S/c1-15(2,20-3)8-21-11-5-9(4-10(6-11)14(18)19)13-17-7-12(16)22-13/h4-7H,8H2,1-3H3,(H,18,19). The molecular weight excluding hydrogens is 326 g/mol. The zero-order valence-electron chi connectivity index (χ0n) is 12.4. The fraction of sp³-hybridized carbons (Fsp3) is 0.333. The number of carbonyl (C=O) groups is 1. The van der Waals surface area contributed by atoms with Crippen LogP contribution in [-0.4, -0.2) is 35.4 Å². The van der Waals surface area contributed by atoms with Crippen molar-refractivity contribution in [3.8, 4) is 16.3 Å². The fourth-order valence-corrected chi connectivity index (χ4v) is 2.53. The lowest BCUT2D eigenvalue weighted by atomic mass is 10.1. The molecule has 0 amide bonds. The van der Waals surface area contributed by atoms with E-state index in [4.69, 9.17) is 21.1 Å². The van der Waals surface area contributed by atoms with Crippen LogP contribution in [0.5, 0.6) is 5.75 Å². The molecule has 5 nitrogen and oxygen atoms in total. The highest BCUT2D eigenvalue weighted by Gasteiger charge is 2.18. The molecule has 22 heavy (non-hydrogen) atoms. The first-order valence-corrected chi connectivity index (χ1v) is 7.68. The zero-order valence-corrected chi connectivity index (χ0v) is 14.0. The van der Waals surface area contributed by atoms with E-state index in [1.807, 2.05) is 13.8 Å². The highest BCUT2D eigenvalue weighted by Crippen LogP contribution is 2.31. The van der Waals surface area contributed by atoms with Gasteiger partial charge in [-0.1, -0.05) is 11.6 Å². The molecule has 1 N–H and O–H groups in total. The number of benzene rings is 1. The molecule has 1 aromatic carbocycles. The number of hydrogen-bond donors (Lipinski definition) is 1. The first-order valence-electron chi connectivity index (χ1n) is 6.49. The summed E-state index contributed by atoms with van der Waals surface area (Å²) in [5, 5.41) is 9.88. The second-order valence-corrected chi connectivity index (χ2v) is 6.94. The van der Waals surface area contributed by atoms with E-state index in [0.29, 0.717) is 27.3 Å². The average Bonchev–Trinajstić information content (AvgIpc) is 2.91. The Bertz CT molecular complexity index is 684. The predicted octanol–water partition coefficient (Wildman–Crippen LogP) is 3.97. The maximum Gasteiger partial charge on any atom is 0.335 e. The van der Waals surface area contributed by atoms with Gasteiger partial charge in [-0.3, -0.25) is 0 Å². The Morgan fingerprint density at radius 2 is 2.14 bits per heavy atom. The smallest absolute Gasteiger partial charge is 0.335 e. The maximum absolute atomic E-state index is 11.3. The van der Waals surface area contributed by atoms with E-state index in [1.165, 1.54) is 23.6 Å². The molecular formula is C15H16ClNO4S. The van der Waals surface area contributed by atoms with Crippen LogP contribution in [0.15, 0.2) is 24.4 Å². The Morgan fingerprint density at radius 1 is 1.41 bits per heavy atom. The quantitative estimate of drug-likeness (QED) is 0.861. The van der Waals surface area contributed by atoms with E-state index in [2.05, 4.69) is 4.98 Å². The predicted molar refractivity (Wildman–Crippen MR) is 86.1 cm³/mol. The number of thiazole rings is 1. The van der Waals surface area contributed by atoms with E-state index in [1.54, 1.807) is 19.2 Å². The van der Waals surface area contributed by atoms with Crippen molar-refractivity contribution in [2.45, 2.75) is 19.4 Å². The molecule has 0 aliphatic rings. The van der Waals surface area contributed by atoms with E-state index < -0.39 is 11.6 Å². The van der Waals surface area contributed by atoms with Gasteiger partial charge in [0.15, 0.2) is 0 Å². The number of hydrogen-bond acceptors (Lipinski definition) is 5. The third-order valence-corrected chi connectivity index (χ3v) is 4.18. The second kappa shape index (κ2) is 6.64. The Hall–Kier alpha value is -1.63. The van der Waals surface area contributed by atoms with Crippen molar-refractivity contribution in [3.05, 3.63) is 34.3 Å². The molecule has 0 spiro atoms. The number of rotatable bonds is 6. The number of methoxy groups -OCH3 is 1. The Balaban J connectivity index is 2.33. The summed E-state index contributed by atoms with van der Waals surface area (Å²) in [7, 11) is 1.60. The zero-order chi connectivity index (χ0) is 16.3. The summed E-state index contributed by atoms with van der Waals surface area (Å²) in [5.74, 6) is -0.577. The van der Waals surface area contributed by atoms with Crippen LogP contribution >= 0.6 is 22.9 Å². The Kier molecular flexibility index (Phi) is 5.05. The number of carboxylic acids is 1. The number of nitrogens with zero attached hydrogens (tertiary/aromatic N) is 1. The highest BCUT2D eigenvalue weighted by atomic mass is 35.5. The van der Waals surface area contributed by atoms with E-state index >= 15 is 0 Å². The van der Waals surface area contributed by atoms with Crippen LogP contribution < -0.4 is 4.74 Å². The minimum Gasteiger partial charge on any atom is -0.491 e. The monoisotopic (exact) mass is 341 g/mol. The maximum atomic E-state index is 11.3. The molecule has 0 aliphatic carbocycles. The van der Waals surface area contributed by atoms with Crippen molar-refractivity contribution in [2.75, 3.05) is 13.7 Å². The molecule has 1 aromatic heterocycles. The van der Waals surface area contributed by atoms with Crippen LogP contribution in [0.2, 0.25) is 4.34 Å². The van der Waals surface area contributed by atoms with Crippen LogP contribution in [0.4, 0.5) is 0 Å². The average molecular weight is 342 g/mol. The summed E-state index contributed by atoms with van der Waals surface area (Å²) >= 11 is 7.16. The van der Waals surface area contributed by atoms with Crippen LogP contribution in [-0.2, 0) is 4.74 Å². The largest absolute Gasteiger partial charge is 0.491 e. The summed E-state index contributed by atoms with van der Waals surface area (Å²) in [6.07, 6.45) is 1.53. The summed E-state index contributed by atoms with van der Waals surface area (Å²) < 4.78 is 11.5. The molecule has 0 aliphatic heterocycles. The highest BCUT2D eigenvalue weighted by molar-refractivity contribution is 7.18. The molecule has 0 unspecified atom stereocenters. The van der Waals surface area contributed by atoms with Gasteiger partial charge in [0, 0.05) is 12.7 Å². The van der Waals surface area contributed by atoms with Crippen molar-refractivity contribution in [1.29, 1.82) is 0 Å². The van der Waals surface area contributed by atoms with Gasteiger partial charge < -0.3 is 14.6 Å². The number of ether oxygens (including phenoxy) is 2. The SMILES string of the molecule is COC(C)(C)COc1cc(C(=O)O)cc(-c2ncc(Cl)s2)c1. The minimum absolute atomic E-state index is 0.133. The lowest BCUT2D eigenvalue weighted by molar-refractivity contribution is -0.0146. The first kappa shape index (κ1) is 16.7. The summed E-state index contributed by atoms with van der Waals surface area (Å²) in [4.78, 5) is 15.4. The van der Waals surface area contributed by atoms with E-state index in [0.717, 1.165) is 0 Å². The van der Waals surface area contributed by atoms with Crippen LogP contribution in [0.1, 0.15) is 24.2 Å². The van der Waals surface area contributed by atoms with Crippen molar-refractivity contribution >= 4 is 28.9 Å². The van der Waals surface area contributed by atoms with Gasteiger partial charge in [0.25, 0.3) is 0 Å². The van der Waals surface area contributed by atoms with Gasteiger partial charge in [0.2, 0.25) is 0 Å². The molecule has 0 fully saturated rings. The van der Waals surface area contributed by atoms with Gasteiger partial charge in [-0.05, 0) is 32.0 Å². The first-order chi connectivity index (χ1) is 10.3. The number of carboxylic acid groups (broad SMARTS) is 1. The Morgan fingerprint density at radius 3 is 2.68 bits per heavy atom. The minimum atomic E-state index is -1.03. The Labute approximate surface area is 137 Å². The molecule has 0 saturated carbocycles. The van der Waals surface area contributed by atoms with Gasteiger partial charge in [0.1, 0.15) is 21.7 Å². The van der Waals surface area contributed by atoms with Gasteiger partial charge in [0.05, 0.1) is 17.4 Å². The van der Waals surface area contributed by atoms with E-state index in [-0.39, 0.29) is 5.56 Å². The molecule has 0 saturated heterocycles. The van der Waals surface area contributed by atoms with Crippen molar-refractivity contribution in [1.82, 2.24) is 4.98 Å². The number of halogens is 1. The lowest BCUT2D eigenvalue weighted by Crippen LogP contribution is -2.30. The molecule has 0 atom stereocenters. The molecule has 118 valence electrons. The number of aromatic nitrogens is 1. The number of aromatic carboxylic acids is 1. The van der Waals surface area contributed by atoms with Crippen LogP contribution in [0.25, 0.3) is 10.6 Å². The third kappa shape index (κ3) is 4.19. The topological polar surface area (TPSA) is 68.7 Å². The van der Waals surface area contributed by atoms with Crippen molar-refractivity contribution in [2.24, 2.45) is 0 Å². The van der Waals surface area contributed by atoms with Gasteiger partial charge in [-0.25, -0.2) is 9.78 Å². The molecule has 2 rings (SSSR count). The van der Waals surface area contributed by atoms with Crippen molar-refractivity contribution < 1.29 is 19.4 Å². The molecule has 0 radical (unpaired) electrons. The molecule has 0 bridgehead atoms. The van der Waals surface area contributed by atoms with Crippen LogP contribution in [0, 0.1) is 0 Å². The van der Waals surface area contributed by atoms with Gasteiger partial charge in [-0.15, -0.1) is 11.3 Å². The summed E-state index contributed by atoms with van der Waals surface area (Å²) in [5.41, 5.74) is 0.320. The van der Waals surface area contributed by atoms with Gasteiger partial charge in [-0.2, -0.15) is 0 Å². The summed E-state index contributed by atoms with van der Waals surface area (Å²) in [6.45, 7) is 4.07. The molecule has 2 aromatic rings. The molecule has 1 heterocycles. The second-order valence-electron chi connectivity index (χ2n) is 5.27. The lowest BCUT2D eigenvalue weighted by Gasteiger charge is -2.23. The third-order valence-electron chi connectivity index (χ3n) is 3.02. The fourth-order valence-electron chi connectivity index (χ4n) is 1.63. The molecule has 7 heteroatoms.